The third-order valence-corrected chi connectivity index (χ3v) is 2.79. The van der Waals surface area contributed by atoms with E-state index in [4.69, 9.17) is 14.3 Å². The van der Waals surface area contributed by atoms with Gasteiger partial charge in [0.05, 0.1) is 11.2 Å². The first-order chi connectivity index (χ1) is 9.19. The van der Waals surface area contributed by atoms with Gasteiger partial charge in [-0.3, -0.25) is 4.79 Å². The van der Waals surface area contributed by atoms with E-state index in [9.17, 15) is 9.59 Å². The highest BCUT2D eigenvalue weighted by atomic mass is 79.9. The van der Waals surface area contributed by atoms with Gasteiger partial charge in [0.15, 0.2) is 4.67 Å². The van der Waals surface area contributed by atoms with E-state index in [1.165, 1.54) is 12.3 Å². The fraction of sp³-hybridized carbons (Fsp3) is 0.538. The van der Waals surface area contributed by atoms with Crippen molar-refractivity contribution in [2.75, 3.05) is 6.61 Å². The fourth-order valence-corrected chi connectivity index (χ4v) is 1.75. The van der Waals surface area contributed by atoms with Crippen LogP contribution < -0.4 is 5.32 Å². The molecule has 0 aliphatic heterocycles. The second-order valence-corrected chi connectivity index (χ2v) is 6.03. The number of carboxylic acids is 1. The van der Waals surface area contributed by atoms with Crippen LogP contribution >= 0.6 is 15.9 Å². The monoisotopic (exact) mass is 347 g/mol. The van der Waals surface area contributed by atoms with E-state index < -0.39 is 17.9 Å². The Morgan fingerprint density at radius 1 is 1.50 bits per heavy atom. The Morgan fingerprint density at radius 2 is 2.15 bits per heavy atom. The van der Waals surface area contributed by atoms with Gasteiger partial charge in [0, 0.05) is 19.1 Å². The standard InChI is InChI=1S/C13H18BrNO5/c1-13(2,3)20-5-4-9(12(17)18)15-11(16)8-6-10(14)19-7-8/h6-7,9H,4-5H2,1-3H3,(H,15,16)(H,17,18). The van der Waals surface area contributed by atoms with Gasteiger partial charge >= 0.3 is 5.97 Å². The maximum absolute atomic E-state index is 11.8. The lowest BCUT2D eigenvalue weighted by atomic mass is 10.1. The third-order valence-electron chi connectivity index (χ3n) is 2.37. The van der Waals surface area contributed by atoms with E-state index in [2.05, 4.69) is 21.2 Å². The van der Waals surface area contributed by atoms with Gasteiger partial charge in [-0.15, -0.1) is 0 Å². The second-order valence-electron chi connectivity index (χ2n) is 5.25. The zero-order valence-corrected chi connectivity index (χ0v) is 13.2. The summed E-state index contributed by atoms with van der Waals surface area (Å²) < 4.78 is 10.8. The first-order valence-corrected chi connectivity index (χ1v) is 6.90. The maximum atomic E-state index is 11.8. The summed E-state index contributed by atoms with van der Waals surface area (Å²) in [5.41, 5.74) is -0.0810. The van der Waals surface area contributed by atoms with Gasteiger partial charge in [-0.25, -0.2) is 4.79 Å². The molecule has 2 N–H and O–H groups in total. The van der Waals surface area contributed by atoms with Crippen LogP contribution in [0.25, 0.3) is 0 Å². The second kappa shape index (κ2) is 6.90. The Morgan fingerprint density at radius 3 is 2.60 bits per heavy atom. The number of ether oxygens (including phenoxy) is 1. The highest BCUT2D eigenvalue weighted by molar-refractivity contribution is 9.10. The quantitative estimate of drug-likeness (QED) is 0.824. The molecule has 0 saturated carbocycles. The van der Waals surface area contributed by atoms with Gasteiger partial charge in [-0.1, -0.05) is 0 Å². The zero-order valence-electron chi connectivity index (χ0n) is 11.6. The van der Waals surface area contributed by atoms with E-state index >= 15 is 0 Å². The summed E-state index contributed by atoms with van der Waals surface area (Å²) in [7, 11) is 0. The first kappa shape index (κ1) is 16.7. The molecule has 1 amide bonds. The van der Waals surface area contributed by atoms with Crippen molar-refractivity contribution in [3.05, 3.63) is 22.6 Å². The Kier molecular flexibility index (Phi) is 5.76. The van der Waals surface area contributed by atoms with Crippen LogP contribution in [0.1, 0.15) is 37.6 Å². The maximum Gasteiger partial charge on any atom is 0.326 e. The molecule has 0 aliphatic carbocycles. The van der Waals surface area contributed by atoms with Crippen LogP contribution in [-0.4, -0.2) is 35.2 Å². The summed E-state index contributed by atoms with van der Waals surface area (Å²) in [5, 5.41) is 11.5. The van der Waals surface area contributed by atoms with E-state index in [1.54, 1.807) is 0 Å². The minimum absolute atomic E-state index is 0.192. The lowest BCUT2D eigenvalue weighted by Crippen LogP contribution is -2.41. The minimum atomic E-state index is -1.10. The molecule has 0 spiro atoms. The molecule has 1 aromatic rings. The van der Waals surface area contributed by atoms with E-state index in [1.807, 2.05) is 20.8 Å². The molecular formula is C13H18BrNO5. The van der Waals surface area contributed by atoms with Crippen molar-refractivity contribution in [2.45, 2.75) is 38.8 Å². The highest BCUT2D eigenvalue weighted by Crippen LogP contribution is 2.14. The molecule has 0 fully saturated rings. The van der Waals surface area contributed by atoms with Crippen LogP contribution in [-0.2, 0) is 9.53 Å². The molecule has 7 heteroatoms. The van der Waals surface area contributed by atoms with Crippen LogP contribution in [0.15, 0.2) is 21.4 Å². The molecule has 0 saturated heterocycles. The Labute approximate surface area is 125 Å². The molecule has 1 heterocycles. The normalized spacial score (nSPS) is 13.0. The summed E-state index contributed by atoms with van der Waals surface area (Å²) in [5.74, 6) is -1.60. The van der Waals surface area contributed by atoms with Gasteiger partial charge in [0.1, 0.15) is 12.3 Å². The molecule has 1 aromatic heterocycles. The van der Waals surface area contributed by atoms with Gasteiger partial charge in [-0.2, -0.15) is 0 Å². The van der Waals surface area contributed by atoms with Crippen LogP contribution in [0.5, 0.6) is 0 Å². The smallest absolute Gasteiger partial charge is 0.326 e. The molecule has 1 unspecified atom stereocenters. The average molecular weight is 348 g/mol. The topological polar surface area (TPSA) is 88.8 Å². The molecule has 0 bridgehead atoms. The Balaban J connectivity index is 2.55. The van der Waals surface area contributed by atoms with Crippen LogP contribution in [0.4, 0.5) is 0 Å². The number of carbonyl (C=O) groups excluding carboxylic acids is 1. The predicted molar refractivity (Wildman–Crippen MR) is 75.6 cm³/mol. The van der Waals surface area contributed by atoms with Crippen molar-refractivity contribution in [3.8, 4) is 0 Å². The number of carbonyl (C=O) groups is 2. The Hall–Kier alpha value is -1.34. The molecule has 0 aliphatic rings. The minimum Gasteiger partial charge on any atom is -0.480 e. The summed E-state index contributed by atoms with van der Waals surface area (Å²) in [4.78, 5) is 23.0. The van der Waals surface area contributed by atoms with Crippen molar-refractivity contribution in [1.29, 1.82) is 0 Å². The van der Waals surface area contributed by atoms with Crippen LogP contribution in [0.3, 0.4) is 0 Å². The van der Waals surface area contributed by atoms with Gasteiger partial charge < -0.3 is 19.6 Å². The van der Waals surface area contributed by atoms with Crippen molar-refractivity contribution in [1.82, 2.24) is 5.32 Å². The SMILES string of the molecule is CC(C)(C)OCCC(NC(=O)c1coc(Br)c1)C(=O)O. The molecule has 112 valence electrons. The summed E-state index contributed by atoms with van der Waals surface area (Å²) in [6.45, 7) is 5.88. The molecule has 1 atom stereocenters. The average Bonchev–Trinajstić information content (AvgIpc) is 2.72. The summed E-state index contributed by atoms with van der Waals surface area (Å²) >= 11 is 3.08. The van der Waals surface area contributed by atoms with Crippen molar-refractivity contribution in [3.63, 3.8) is 0 Å². The van der Waals surface area contributed by atoms with E-state index in [0.29, 0.717) is 4.67 Å². The largest absolute Gasteiger partial charge is 0.480 e. The Bertz CT molecular complexity index is 477. The number of rotatable bonds is 6. The van der Waals surface area contributed by atoms with E-state index in [-0.39, 0.29) is 24.2 Å². The van der Waals surface area contributed by atoms with E-state index in [0.717, 1.165) is 0 Å². The first-order valence-electron chi connectivity index (χ1n) is 6.11. The highest BCUT2D eigenvalue weighted by Gasteiger charge is 2.22. The van der Waals surface area contributed by atoms with Crippen LogP contribution in [0, 0.1) is 0 Å². The molecule has 6 nitrogen and oxygen atoms in total. The molecule has 20 heavy (non-hydrogen) atoms. The van der Waals surface area contributed by atoms with Crippen molar-refractivity contribution in [2.24, 2.45) is 0 Å². The molecule has 0 aromatic carbocycles. The van der Waals surface area contributed by atoms with Gasteiger partial charge in [0.25, 0.3) is 5.91 Å². The molecular weight excluding hydrogens is 330 g/mol. The number of aliphatic carboxylic acids is 1. The van der Waals surface area contributed by atoms with Gasteiger partial charge in [-0.05, 0) is 36.7 Å². The number of carboxylic acid groups (broad SMARTS) is 1. The number of halogens is 1. The lowest BCUT2D eigenvalue weighted by molar-refractivity contribution is -0.140. The molecule has 0 radical (unpaired) electrons. The van der Waals surface area contributed by atoms with Crippen LogP contribution in [0.2, 0.25) is 0 Å². The van der Waals surface area contributed by atoms with Gasteiger partial charge in [0.2, 0.25) is 0 Å². The number of furan rings is 1. The van der Waals surface area contributed by atoms with Crippen molar-refractivity contribution < 1.29 is 23.8 Å². The summed E-state index contributed by atoms with van der Waals surface area (Å²) in [6, 6.07) is 0.471. The summed E-state index contributed by atoms with van der Waals surface area (Å²) in [6.07, 6.45) is 1.45. The number of hydrogen-bond donors (Lipinski definition) is 2. The number of nitrogens with one attached hydrogen (secondary N) is 1. The predicted octanol–water partition coefficient (Wildman–Crippen LogP) is 2.43. The zero-order chi connectivity index (χ0) is 15.3. The fourth-order valence-electron chi connectivity index (χ4n) is 1.41. The lowest BCUT2D eigenvalue weighted by Gasteiger charge is -2.21. The third kappa shape index (κ3) is 5.75. The molecule has 1 rings (SSSR count). The number of hydrogen-bond acceptors (Lipinski definition) is 4. The van der Waals surface area contributed by atoms with Crippen molar-refractivity contribution >= 4 is 27.8 Å². The number of amides is 1.